The van der Waals surface area contributed by atoms with Crippen LogP contribution in [0.2, 0.25) is 0 Å². The summed E-state index contributed by atoms with van der Waals surface area (Å²) in [6, 6.07) is 7.96. The van der Waals surface area contributed by atoms with Crippen LogP contribution in [0.5, 0.6) is 0 Å². The highest BCUT2D eigenvalue weighted by molar-refractivity contribution is 7.91. The second-order valence-electron chi connectivity index (χ2n) is 11.4. The number of nitrogens with two attached hydrogens (primary N) is 1. The molecule has 0 aromatic heterocycles. The number of aryl methyl sites for hydroxylation is 1. The molecule has 0 saturated carbocycles. The molecular formula is C31H45F2N5O6S. The zero-order chi connectivity index (χ0) is 33.0. The Kier molecular flexibility index (Phi) is 14.1. The number of alkyl carbamates (subject to hydrolysis) is 1. The molecule has 0 unspecified atom stereocenters. The third-order valence-electron chi connectivity index (χ3n) is 7.66. The summed E-state index contributed by atoms with van der Waals surface area (Å²) >= 11 is 0. The Balaban J connectivity index is 1.90. The van der Waals surface area contributed by atoms with Crippen LogP contribution in [-0.2, 0) is 38.8 Å². The minimum atomic E-state index is -3.77. The number of halogens is 2. The van der Waals surface area contributed by atoms with E-state index < -0.39 is 63.5 Å². The van der Waals surface area contributed by atoms with E-state index in [1.165, 1.54) is 4.90 Å². The molecule has 2 aromatic rings. The van der Waals surface area contributed by atoms with Gasteiger partial charge in [0.15, 0.2) is 9.84 Å². The topological polar surface area (TPSA) is 163 Å². The highest BCUT2D eigenvalue weighted by Gasteiger charge is 2.34. The van der Waals surface area contributed by atoms with Crippen LogP contribution in [0.15, 0.2) is 42.5 Å². The predicted molar refractivity (Wildman–Crippen MR) is 167 cm³/mol. The highest BCUT2D eigenvalue weighted by Crippen LogP contribution is 2.16. The van der Waals surface area contributed by atoms with E-state index in [0.717, 1.165) is 30.2 Å². The molecule has 0 bridgehead atoms. The van der Waals surface area contributed by atoms with Gasteiger partial charge >= 0.3 is 6.09 Å². The standard InChI is InChI=1S/C31H45F2N5O6S/c1-3-5-11-45(42,43)20-28(36-31(41)44-26-9-10-35-17-26)30(40)38(18-22-8-6-7-21(4-2)12-22)19-29(39)27(37-34)15-23-13-24(32)16-25(33)14-23/h6-8,12-14,16,26-29,35,37,39H,3-5,9-11,15,17-20,34H2,1-2H3,(H,36,41)/t26-,27+,28-,29-/m1/s1. The monoisotopic (exact) mass is 653 g/mol. The van der Waals surface area contributed by atoms with E-state index in [1.807, 2.05) is 32.0 Å². The van der Waals surface area contributed by atoms with Gasteiger partial charge in [0, 0.05) is 25.7 Å². The van der Waals surface area contributed by atoms with E-state index in [9.17, 15) is 31.9 Å². The largest absolute Gasteiger partial charge is 0.445 e. The van der Waals surface area contributed by atoms with Crippen LogP contribution in [0.25, 0.3) is 0 Å². The Morgan fingerprint density at radius 2 is 1.84 bits per heavy atom. The van der Waals surface area contributed by atoms with Gasteiger partial charge in [-0.1, -0.05) is 44.5 Å². The number of aliphatic hydroxyl groups is 1. The lowest BCUT2D eigenvalue weighted by Gasteiger charge is -2.32. The first-order chi connectivity index (χ1) is 21.4. The summed E-state index contributed by atoms with van der Waals surface area (Å²) < 4.78 is 59.1. The van der Waals surface area contributed by atoms with Crippen molar-refractivity contribution in [1.82, 2.24) is 21.0 Å². The van der Waals surface area contributed by atoms with E-state index in [1.54, 1.807) is 6.07 Å². The number of unbranched alkanes of at least 4 members (excludes halogenated alkanes) is 1. The van der Waals surface area contributed by atoms with E-state index in [2.05, 4.69) is 16.1 Å². The molecule has 1 saturated heterocycles. The Bertz CT molecular complexity index is 1360. The number of hydrazine groups is 1. The molecule has 2 aromatic carbocycles. The molecule has 1 fully saturated rings. The summed E-state index contributed by atoms with van der Waals surface area (Å²) in [7, 11) is -3.77. The number of benzene rings is 2. The summed E-state index contributed by atoms with van der Waals surface area (Å²) in [5.41, 5.74) is 4.40. The molecule has 2 amide bonds. The molecule has 4 atom stereocenters. The molecule has 45 heavy (non-hydrogen) atoms. The number of aliphatic hydroxyl groups excluding tert-OH is 1. The van der Waals surface area contributed by atoms with E-state index in [-0.39, 0.29) is 30.8 Å². The Labute approximate surface area is 263 Å². The first-order valence-corrected chi connectivity index (χ1v) is 17.1. The minimum Gasteiger partial charge on any atom is -0.445 e. The zero-order valence-corrected chi connectivity index (χ0v) is 26.6. The summed E-state index contributed by atoms with van der Waals surface area (Å²) in [5, 5.41) is 16.8. The van der Waals surface area contributed by atoms with Crippen LogP contribution in [0.3, 0.4) is 0 Å². The zero-order valence-electron chi connectivity index (χ0n) is 25.8. The van der Waals surface area contributed by atoms with E-state index in [0.29, 0.717) is 37.9 Å². The fourth-order valence-electron chi connectivity index (χ4n) is 5.20. The van der Waals surface area contributed by atoms with Crippen molar-refractivity contribution < 1.29 is 36.6 Å². The van der Waals surface area contributed by atoms with Gasteiger partial charge < -0.3 is 25.4 Å². The average Bonchev–Trinajstić information content (AvgIpc) is 3.50. The van der Waals surface area contributed by atoms with Crippen molar-refractivity contribution in [1.29, 1.82) is 0 Å². The molecule has 14 heteroatoms. The molecule has 0 aliphatic carbocycles. The van der Waals surface area contributed by atoms with Gasteiger partial charge in [-0.2, -0.15) is 0 Å². The molecule has 3 rings (SSSR count). The minimum absolute atomic E-state index is 0.0234. The number of hydrogen-bond donors (Lipinski definition) is 5. The fraction of sp³-hybridized carbons (Fsp3) is 0.548. The molecule has 1 aliphatic heterocycles. The molecule has 0 spiro atoms. The average molecular weight is 654 g/mol. The highest BCUT2D eigenvalue weighted by atomic mass is 32.2. The number of nitrogens with one attached hydrogen (secondary N) is 3. The number of carbonyl (C=O) groups excluding carboxylic acids is 2. The smallest absolute Gasteiger partial charge is 0.408 e. The molecule has 1 aliphatic rings. The molecular weight excluding hydrogens is 608 g/mol. The van der Waals surface area contributed by atoms with Crippen LogP contribution >= 0.6 is 0 Å². The number of amides is 2. The summed E-state index contributed by atoms with van der Waals surface area (Å²) in [5.74, 6) is 2.56. The third kappa shape index (κ3) is 11.9. The van der Waals surface area contributed by atoms with Gasteiger partial charge in [0.05, 0.1) is 23.7 Å². The Morgan fingerprint density at radius 1 is 1.13 bits per heavy atom. The Morgan fingerprint density at radius 3 is 2.47 bits per heavy atom. The van der Waals surface area contributed by atoms with Gasteiger partial charge in [0.2, 0.25) is 5.91 Å². The van der Waals surface area contributed by atoms with Crippen LogP contribution in [0.4, 0.5) is 13.6 Å². The SMILES string of the molecule is CCCCS(=O)(=O)C[C@@H](NC(=O)O[C@@H]1CCNC1)C(=O)N(Cc1cccc(CC)c1)C[C@@H](O)[C@H](Cc1cc(F)cc(F)c1)NN. The molecule has 1 heterocycles. The maximum Gasteiger partial charge on any atom is 0.408 e. The first-order valence-electron chi connectivity index (χ1n) is 15.3. The van der Waals surface area contributed by atoms with Crippen LogP contribution in [0, 0.1) is 11.6 Å². The van der Waals surface area contributed by atoms with Crippen molar-refractivity contribution in [3.63, 3.8) is 0 Å². The maximum atomic E-state index is 14.1. The molecule has 6 N–H and O–H groups in total. The fourth-order valence-corrected chi connectivity index (χ4v) is 6.82. The van der Waals surface area contributed by atoms with Crippen molar-refractivity contribution >= 4 is 21.8 Å². The van der Waals surface area contributed by atoms with E-state index in [4.69, 9.17) is 10.6 Å². The number of hydrogen-bond acceptors (Lipinski definition) is 9. The van der Waals surface area contributed by atoms with Gasteiger partial charge in [0.25, 0.3) is 0 Å². The lowest BCUT2D eigenvalue weighted by molar-refractivity contribution is -0.135. The number of carbonyl (C=O) groups is 2. The quantitative estimate of drug-likeness (QED) is 0.127. The molecule has 11 nitrogen and oxygen atoms in total. The number of sulfone groups is 1. The normalized spacial score (nSPS) is 17.0. The number of rotatable bonds is 17. The first kappa shape index (κ1) is 36.3. The van der Waals surface area contributed by atoms with Gasteiger partial charge in [-0.3, -0.25) is 16.1 Å². The summed E-state index contributed by atoms with van der Waals surface area (Å²) in [6.07, 6.45) is -0.449. The van der Waals surface area contributed by atoms with Gasteiger partial charge in [-0.15, -0.1) is 0 Å². The van der Waals surface area contributed by atoms with Crippen molar-refractivity contribution in [3.8, 4) is 0 Å². The summed E-state index contributed by atoms with van der Waals surface area (Å²) in [6.45, 7) is 4.56. The molecule has 0 radical (unpaired) electrons. The van der Waals surface area contributed by atoms with Gasteiger partial charge in [-0.25, -0.2) is 22.0 Å². The Hall–Kier alpha value is -3.17. The van der Waals surface area contributed by atoms with Crippen molar-refractivity contribution in [3.05, 3.63) is 70.8 Å². The second-order valence-corrected chi connectivity index (χ2v) is 13.6. The summed E-state index contributed by atoms with van der Waals surface area (Å²) in [4.78, 5) is 28.2. The van der Waals surface area contributed by atoms with Crippen LogP contribution in [0.1, 0.15) is 49.8 Å². The lowest BCUT2D eigenvalue weighted by Crippen LogP contribution is -2.56. The number of nitrogens with zero attached hydrogens (tertiary/aromatic N) is 1. The number of ether oxygens (including phenoxy) is 1. The van der Waals surface area contributed by atoms with Crippen LogP contribution in [-0.4, -0.2) is 85.9 Å². The van der Waals surface area contributed by atoms with Gasteiger partial charge in [0.1, 0.15) is 23.8 Å². The predicted octanol–water partition coefficient (Wildman–Crippen LogP) is 1.96. The second kappa shape index (κ2) is 17.5. The van der Waals surface area contributed by atoms with Crippen molar-refractivity contribution in [2.24, 2.45) is 5.84 Å². The van der Waals surface area contributed by atoms with Crippen LogP contribution < -0.4 is 21.9 Å². The van der Waals surface area contributed by atoms with Crippen molar-refractivity contribution in [2.45, 2.75) is 76.8 Å². The van der Waals surface area contributed by atoms with E-state index >= 15 is 0 Å². The molecule has 250 valence electrons. The lowest BCUT2D eigenvalue weighted by atomic mass is 10.0. The third-order valence-corrected chi connectivity index (χ3v) is 9.41. The van der Waals surface area contributed by atoms with Crippen molar-refractivity contribution in [2.75, 3.05) is 31.1 Å². The maximum absolute atomic E-state index is 14.1. The van der Waals surface area contributed by atoms with Gasteiger partial charge in [-0.05, 0) is 61.1 Å².